The molecule has 3 nitrogen and oxygen atoms in total. The molecule has 0 heterocycles. The minimum absolute atomic E-state index is 0.0836. The molecule has 0 aliphatic heterocycles. The summed E-state index contributed by atoms with van der Waals surface area (Å²) in [5.41, 5.74) is 0.713. The Labute approximate surface area is 87.5 Å². The molecule has 0 saturated heterocycles. The number of aryl methyl sites for hydroxylation is 1. The van der Waals surface area contributed by atoms with E-state index < -0.39 is 5.97 Å². The summed E-state index contributed by atoms with van der Waals surface area (Å²) in [7, 11) is 0. The first-order valence-electron chi connectivity index (χ1n) is 4.70. The highest BCUT2D eigenvalue weighted by atomic mass is 19.1. The quantitative estimate of drug-likeness (QED) is 0.762. The molecule has 4 heteroatoms. The fraction of sp³-hybridized carbons (Fsp3) is 0.364. The van der Waals surface area contributed by atoms with Gasteiger partial charge in [-0.25, -0.2) is 4.39 Å². The highest BCUT2D eigenvalue weighted by Crippen LogP contribution is 2.18. The number of carboxylic acid groups (broad SMARTS) is 1. The van der Waals surface area contributed by atoms with Crippen molar-refractivity contribution in [3.05, 3.63) is 29.6 Å². The van der Waals surface area contributed by atoms with Crippen LogP contribution in [0.15, 0.2) is 18.2 Å². The van der Waals surface area contributed by atoms with Gasteiger partial charge in [-0.15, -0.1) is 0 Å². The fourth-order valence-corrected chi connectivity index (χ4v) is 1.18. The van der Waals surface area contributed by atoms with Gasteiger partial charge in [-0.1, -0.05) is 0 Å². The predicted molar refractivity (Wildman–Crippen MR) is 53.5 cm³/mol. The van der Waals surface area contributed by atoms with E-state index in [1.807, 2.05) is 0 Å². The molecule has 0 radical (unpaired) electrons. The molecule has 0 fully saturated rings. The molecular formula is C11H13FO3. The van der Waals surface area contributed by atoms with Gasteiger partial charge in [-0.3, -0.25) is 4.79 Å². The molecule has 0 aliphatic carbocycles. The number of hydrogen-bond donors (Lipinski definition) is 1. The van der Waals surface area contributed by atoms with Crippen molar-refractivity contribution < 1.29 is 19.0 Å². The summed E-state index contributed by atoms with van der Waals surface area (Å²) in [6.45, 7) is 2.08. The highest BCUT2D eigenvalue weighted by Gasteiger charge is 2.01. The molecule has 0 saturated carbocycles. The normalized spacial score (nSPS) is 10.0. The van der Waals surface area contributed by atoms with Crippen molar-refractivity contribution in [1.29, 1.82) is 0 Å². The first-order chi connectivity index (χ1) is 7.09. The Balaban J connectivity index is 2.40. The van der Waals surface area contributed by atoms with Crippen molar-refractivity contribution in [2.24, 2.45) is 0 Å². The van der Waals surface area contributed by atoms with E-state index >= 15 is 0 Å². The van der Waals surface area contributed by atoms with Gasteiger partial charge in [0.15, 0.2) is 0 Å². The summed E-state index contributed by atoms with van der Waals surface area (Å²) >= 11 is 0. The lowest BCUT2D eigenvalue weighted by molar-refractivity contribution is -0.137. The van der Waals surface area contributed by atoms with Crippen LogP contribution in [0.4, 0.5) is 4.39 Å². The Morgan fingerprint density at radius 3 is 2.87 bits per heavy atom. The van der Waals surface area contributed by atoms with Gasteiger partial charge in [0.1, 0.15) is 11.6 Å². The van der Waals surface area contributed by atoms with E-state index in [0.29, 0.717) is 24.3 Å². The molecule has 1 aromatic rings. The van der Waals surface area contributed by atoms with E-state index in [0.717, 1.165) is 0 Å². The Hall–Kier alpha value is -1.58. The average molecular weight is 212 g/mol. The van der Waals surface area contributed by atoms with E-state index in [-0.39, 0.29) is 12.2 Å². The summed E-state index contributed by atoms with van der Waals surface area (Å²) in [4.78, 5) is 10.2. The van der Waals surface area contributed by atoms with Crippen molar-refractivity contribution in [2.75, 3.05) is 6.61 Å². The van der Waals surface area contributed by atoms with Gasteiger partial charge < -0.3 is 9.84 Å². The number of aliphatic carboxylic acids is 1. The van der Waals surface area contributed by atoms with Gasteiger partial charge in [0, 0.05) is 6.42 Å². The summed E-state index contributed by atoms with van der Waals surface area (Å²) < 4.78 is 18.0. The van der Waals surface area contributed by atoms with Crippen molar-refractivity contribution in [1.82, 2.24) is 0 Å². The number of carboxylic acids is 1. The third-order valence-corrected chi connectivity index (χ3v) is 1.93. The maximum atomic E-state index is 12.7. The number of hydrogen-bond acceptors (Lipinski definition) is 2. The number of ether oxygens (including phenoxy) is 1. The lowest BCUT2D eigenvalue weighted by atomic mass is 10.2. The first-order valence-corrected chi connectivity index (χ1v) is 4.70. The average Bonchev–Trinajstić information content (AvgIpc) is 2.14. The summed E-state index contributed by atoms with van der Waals surface area (Å²) in [6, 6.07) is 4.25. The number of benzene rings is 1. The van der Waals surface area contributed by atoms with Gasteiger partial charge in [-0.05, 0) is 37.1 Å². The minimum Gasteiger partial charge on any atom is -0.493 e. The zero-order valence-corrected chi connectivity index (χ0v) is 8.50. The molecule has 1 N–H and O–H groups in total. The molecule has 1 aromatic carbocycles. The van der Waals surface area contributed by atoms with E-state index in [1.54, 1.807) is 13.0 Å². The van der Waals surface area contributed by atoms with Gasteiger partial charge in [-0.2, -0.15) is 0 Å². The fourth-order valence-electron chi connectivity index (χ4n) is 1.18. The smallest absolute Gasteiger partial charge is 0.303 e. The maximum Gasteiger partial charge on any atom is 0.303 e. The van der Waals surface area contributed by atoms with Gasteiger partial charge >= 0.3 is 5.97 Å². The van der Waals surface area contributed by atoms with Crippen LogP contribution in [0.3, 0.4) is 0 Å². The molecule has 0 aromatic heterocycles. The second kappa shape index (κ2) is 5.34. The molecule has 0 atom stereocenters. The van der Waals surface area contributed by atoms with Gasteiger partial charge in [0.2, 0.25) is 0 Å². The standard InChI is InChI=1S/C11H13FO3/c1-8-7-9(12)4-5-10(8)15-6-2-3-11(13)14/h4-5,7H,2-3,6H2,1H3,(H,13,14). The van der Waals surface area contributed by atoms with Crippen LogP contribution in [-0.2, 0) is 4.79 Å². The van der Waals surface area contributed by atoms with Gasteiger partial charge in [0.05, 0.1) is 6.61 Å². The molecule has 82 valence electrons. The summed E-state index contributed by atoms with van der Waals surface area (Å²) in [5, 5.41) is 8.40. The molecule has 0 aliphatic rings. The van der Waals surface area contributed by atoms with E-state index in [2.05, 4.69) is 0 Å². The SMILES string of the molecule is Cc1cc(F)ccc1OCCCC(=O)O. The second-order valence-corrected chi connectivity index (χ2v) is 3.26. The Morgan fingerprint density at radius 1 is 1.53 bits per heavy atom. The van der Waals surface area contributed by atoms with Crippen LogP contribution in [0.2, 0.25) is 0 Å². The number of rotatable bonds is 5. The molecule has 0 unspecified atom stereocenters. The first kappa shape index (κ1) is 11.5. The van der Waals surface area contributed by atoms with Gasteiger partial charge in [0.25, 0.3) is 0 Å². The number of carbonyl (C=O) groups is 1. The highest BCUT2D eigenvalue weighted by molar-refractivity contribution is 5.66. The van der Waals surface area contributed by atoms with Crippen LogP contribution >= 0.6 is 0 Å². The van der Waals surface area contributed by atoms with Crippen LogP contribution in [0.25, 0.3) is 0 Å². The Bertz CT molecular complexity index is 350. The van der Waals surface area contributed by atoms with Crippen LogP contribution in [0, 0.1) is 12.7 Å². The van der Waals surface area contributed by atoms with Crippen molar-refractivity contribution >= 4 is 5.97 Å². The summed E-state index contributed by atoms with van der Waals surface area (Å²) in [5.74, 6) is -0.540. The van der Waals surface area contributed by atoms with E-state index in [4.69, 9.17) is 9.84 Å². The zero-order chi connectivity index (χ0) is 11.3. The molecule has 0 bridgehead atoms. The topological polar surface area (TPSA) is 46.5 Å². The summed E-state index contributed by atoms with van der Waals surface area (Å²) in [6.07, 6.45) is 0.534. The van der Waals surface area contributed by atoms with E-state index in [9.17, 15) is 9.18 Å². The molecule has 0 amide bonds. The molecule has 15 heavy (non-hydrogen) atoms. The van der Waals surface area contributed by atoms with Crippen LogP contribution in [-0.4, -0.2) is 17.7 Å². The van der Waals surface area contributed by atoms with Crippen molar-refractivity contribution in [3.8, 4) is 5.75 Å². The lowest BCUT2D eigenvalue weighted by Crippen LogP contribution is -2.02. The zero-order valence-electron chi connectivity index (χ0n) is 8.50. The van der Waals surface area contributed by atoms with E-state index in [1.165, 1.54) is 12.1 Å². The predicted octanol–water partition coefficient (Wildman–Crippen LogP) is 2.38. The minimum atomic E-state index is -0.838. The lowest BCUT2D eigenvalue weighted by Gasteiger charge is -2.07. The van der Waals surface area contributed by atoms with Crippen LogP contribution in [0.5, 0.6) is 5.75 Å². The molecule has 0 spiro atoms. The second-order valence-electron chi connectivity index (χ2n) is 3.26. The van der Waals surface area contributed by atoms with Crippen molar-refractivity contribution in [2.45, 2.75) is 19.8 Å². The third kappa shape index (κ3) is 3.97. The molecule has 1 rings (SSSR count). The number of halogens is 1. The molecular weight excluding hydrogens is 199 g/mol. The monoisotopic (exact) mass is 212 g/mol. The van der Waals surface area contributed by atoms with Crippen molar-refractivity contribution in [3.63, 3.8) is 0 Å². The third-order valence-electron chi connectivity index (χ3n) is 1.93. The largest absolute Gasteiger partial charge is 0.493 e. The van der Waals surface area contributed by atoms with Crippen LogP contribution < -0.4 is 4.74 Å². The Kier molecular flexibility index (Phi) is 4.09. The maximum absolute atomic E-state index is 12.7. The van der Waals surface area contributed by atoms with Crippen LogP contribution in [0.1, 0.15) is 18.4 Å². The Morgan fingerprint density at radius 2 is 2.27 bits per heavy atom.